The van der Waals surface area contributed by atoms with Crippen LogP contribution in [0.1, 0.15) is 22.5 Å². The number of anilines is 2. The summed E-state index contributed by atoms with van der Waals surface area (Å²) in [6.45, 7) is 4.60. The monoisotopic (exact) mass is 256 g/mol. The van der Waals surface area contributed by atoms with E-state index in [2.05, 4.69) is 15.4 Å². The standard InChI is InChI=1S/C13H16N6/c1-8-11(9(2)19(3)18-8)7-17-13-12(15)4-10(5-14)6-16-13/h4,6H,7,15H2,1-3H3,(H,16,17). The third-order valence-electron chi connectivity index (χ3n) is 3.14. The molecule has 19 heavy (non-hydrogen) atoms. The number of rotatable bonds is 3. The average molecular weight is 256 g/mol. The van der Waals surface area contributed by atoms with Crippen LogP contribution in [0.4, 0.5) is 11.5 Å². The van der Waals surface area contributed by atoms with Crippen LogP contribution in [0.3, 0.4) is 0 Å². The first-order valence-corrected chi connectivity index (χ1v) is 5.91. The molecule has 0 aliphatic heterocycles. The average Bonchev–Trinajstić information content (AvgIpc) is 2.62. The third kappa shape index (κ3) is 2.50. The quantitative estimate of drug-likeness (QED) is 0.868. The van der Waals surface area contributed by atoms with Gasteiger partial charge in [0.25, 0.3) is 0 Å². The molecule has 0 aliphatic rings. The first-order chi connectivity index (χ1) is 9.02. The zero-order valence-corrected chi connectivity index (χ0v) is 11.2. The molecule has 0 bridgehead atoms. The highest BCUT2D eigenvalue weighted by molar-refractivity contribution is 5.63. The predicted octanol–water partition coefficient (Wildman–Crippen LogP) is 1.50. The second kappa shape index (κ2) is 4.98. The molecule has 0 radical (unpaired) electrons. The zero-order valence-electron chi connectivity index (χ0n) is 11.2. The number of hydrogen-bond donors (Lipinski definition) is 2. The van der Waals surface area contributed by atoms with E-state index in [1.54, 1.807) is 6.07 Å². The van der Waals surface area contributed by atoms with Crippen molar-refractivity contribution in [3.05, 3.63) is 34.8 Å². The van der Waals surface area contributed by atoms with Crippen molar-refractivity contribution in [3.8, 4) is 6.07 Å². The molecule has 2 aromatic rings. The molecule has 0 saturated heterocycles. The lowest BCUT2D eigenvalue weighted by Crippen LogP contribution is -2.06. The Bertz CT molecular complexity index is 650. The van der Waals surface area contributed by atoms with E-state index in [1.807, 2.05) is 31.6 Å². The Kier molecular flexibility index (Phi) is 3.38. The van der Waals surface area contributed by atoms with Crippen molar-refractivity contribution in [2.75, 3.05) is 11.1 Å². The fourth-order valence-electron chi connectivity index (χ4n) is 1.94. The Morgan fingerprint density at radius 2 is 2.21 bits per heavy atom. The van der Waals surface area contributed by atoms with Gasteiger partial charge in [-0.2, -0.15) is 10.4 Å². The molecule has 2 heterocycles. The minimum absolute atomic E-state index is 0.455. The summed E-state index contributed by atoms with van der Waals surface area (Å²) in [5.41, 5.74) is 10.00. The Morgan fingerprint density at radius 1 is 1.47 bits per heavy atom. The molecule has 0 aromatic carbocycles. The molecule has 98 valence electrons. The van der Waals surface area contributed by atoms with Gasteiger partial charge in [-0.3, -0.25) is 4.68 Å². The van der Waals surface area contributed by atoms with Gasteiger partial charge in [0.1, 0.15) is 11.9 Å². The minimum Gasteiger partial charge on any atom is -0.396 e. The van der Waals surface area contributed by atoms with Crippen LogP contribution in [-0.2, 0) is 13.6 Å². The van der Waals surface area contributed by atoms with E-state index in [4.69, 9.17) is 11.0 Å². The molecule has 0 unspecified atom stereocenters. The van der Waals surface area contributed by atoms with Gasteiger partial charge in [0, 0.05) is 31.0 Å². The first kappa shape index (κ1) is 12.9. The summed E-state index contributed by atoms with van der Waals surface area (Å²) in [6, 6.07) is 3.62. The zero-order chi connectivity index (χ0) is 14.0. The van der Waals surface area contributed by atoms with Crippen molar-refractivity contribution < 1.29 is 0 Å². The van der Waals surface area contributed by atoms with E-state index in [1.165, 1.54) is 6.20 Å². The second-order valence-corrected chi connectivity index (χ2v) is 4.40. The van der Waals surface area contributed by atoms with Crippen molar-refractivity contribution >= 4 is 11.5 Å². The molecule has 0 spiro atoms. The van der Waals surface area contributed by atoms with Gasteiger partial charge in [0.05, 0.1) is 16.9 Å². The molecule has 2 rings (SSSR count). The number of nitrogens with one attached hydrogen (secondary N) is 1. The van der Waals surface area contributed by atoms with Gasteiger partial charge in [-0.25, -0.2) is 4.98 Å². The molecular formula is C13H16N6. The summed E-state index contributed by atoms with van der Waals surface area (Å²) >= 11 is 0. The van der Waals surface area contributed by atoms with Crippen LogP contribution in [-0.4, -0.2) is 14.8 Å². The summed E-state index contributed by atoms with van der Waals surface area (Å²) in [7, 11) is 1.92. The number of aromatic nitrogens is 3. The summed E-state index contributed by atoms with van der Waals surface area (Å²) < 4.78 is 1.85. The van der Waals surface area contributed by atoms with Crippen LogP contribution < -0.4 is 11.1 Å². The summed E-state index contributed by atoms with van der Waals surface area (Å²) in [4.78, 5) is 4.14. The largest absolute Gasteiger partial charge is 0.396 e. The number of pyridine rings is 1. The Morgan fingerprint density at radius 3 is 2.74 bits per heavy atom. The van der Waals surface area contributed by atoms with E-state index >= 15 is 0 Å². The van der Waals surface area contributed by atoms with Gasteiger partial charge in [-0.1, -0.05) is 0 Å². The number of hydrogen-bond acceptors (Lipinski definition) is 5. The van der Waals surface area contributed by atoms with Crippen LogP contribution in [0.5, 0.6) is 0 Å². The molecule has 6 heteroatoms. The molecule has 0 aliphatic carbocycles. The van der Waals surface area contributed by atoms with E-state index in [0.717, 1.165) is 17.0 Å². The van der Waals surface area contributed by atoms with Gasteiger partial charge in [-0.15, -0.1) is 0 Å². The maximum atomic E-state index is 8.76. The smallest absolute Gasteiger partial charge is 0.149 e. The van der Waals surface area contributed by atoms with Crippen molar-refractivity contribution in [2.24, 2.45) is 7.05 Å². The Hall–Kier alpha value is -2.55. The van der Waals surface area contributed by atoms with Crippen molar-refractivity contribution in [1.29, 1.82) is 5.26 Å². The number of aryl methyl sites for hydroxylation is 2. The molecule has 0 amide bonds. The highest BCUT2D eigenvalue weighted by atomic mass is 15.3. The third-order valence-corrected chi connectivity index (χ3v) is 3.14. The lowest BCUT2D eigenvalue weighted by Gasteiger charge is -2.08. The lowest BCUT2D eigenvalue weighted by molar-refractivity contribution is 0.730. The number of nitrogen functional groups attached to an aromatic ring is 1. The normalized spacial score (nSPS) is 10.2. The van der Waals surface area contributed by atoms with Gasteiger partial charge >= 0.3 is 0 Å². The molecule has 0 atom stereocenters. The van der Waals surface area contributed by atoms with Gasteiger partial charge in [0.2, 0.25) is 0 Å². The molecule has 6 nitrogen and oxygen atoms in total. The summed E-state index contributed by atoms with van der Waals surface area (Å²) in [6.07, 6.45) is 1.50. The summed E-state index contributed by atoms with van der Waals surface area (Å²) in [5, 5.41) is 16.3. The van der Waals surface area contributed by atoms with Crippen LogP contribution in [0.15, 0.2) is 12.3 Å². The van der Waals surface area contributed by atoms with Gasteiger partial charge in [-0.05, 0) is 19.9 Å². The fraction of sp³-hybridized carbons (Fsp3) is 0.308. The minimum atomic E-state index is 0.455. The first-order valence-electron chi connectivity index (χ1n) is 5.91. The van der Waals surface area contributed by atoms with Crippen LogP contribution in [0.2, 0.25) is 0 Å². The predicted molar refractivity (Wildman–Crippen MR) is 73.4 cm³/mol. The summed E-state index contributed by atoms with van der Waals surface area (Å²) in [5.74, 6) is 0.585. The molecule has 3 N–H and O–H groups in total. The van der Waals surface area contributed by atoms with E-state index in [-0.39, 0.29) is 0 Å². The van der Waals surface area contributed by atoms with Crippen molar-refractivity contribution in [1.82, 2.24) is 14.8 Å². The highest BCUT2D eigenvalue weighted by Crippen LogP contribution is 2.19. The molecule has 2 aromatic heterocycles. The van der Waals surface area contributed by atoms with Crippen molar-refractivity contribution in [3.63, 3.8) is 0 Å². The molecular weight excluding hydrogens is 240 g/mol. The van der Waals surface area contributed by atoms with E-state index < -0.39 is 0 Å². The number of nitrogens with zero attached hydrogens (tertiary/aromatic N) is 4. The van der Waals surface area contributed by atoms with Gasteiger partial charge < -0.3 is 11.1 Å². The van der Waals surface area contributed by atoms with Crippen LogP contribution in [0.25, 0.3) is 0 Å². The van der Waals surface area contributed by atoms with Crippen LogP contribution in [0, 0.1) is 25.2 Å². The van der Waals surface area contributed by atoms with Gasteiger partial charge in [0.15, 0.2) is 0 Å². The maximum absolute atomic E-state index is 8.76. The number of nitrogens with two attached hydrogens (primary N) is 1. The highest BCUT2D eigenvalue weighted by Gasteiger charge is 2.10. The number of nitriles is 1. The second-order valence-electron chi connectivity index (χ2n) is 4.40. The topological polar surface area (TPSA) is 92.5 Å². The fourth-order valence-corrected chi connectivity index (χ4v) is 1.94. The van der Waals surface area contributed by atoms with Crippen molar-refractivity contribution in [2.45, 2.75) is 20.4 Å². The Balaban J connectivity index is 2.17. The maximum Gasteiger partial charge on any atom is 0.149 e. The molecule has 0 fully saturated rings. The Labute approximate surface area is 111 Å². The molecule has 0 saturated carbocycles. The van der Waals surface area contributed by atoms with E-state index in [9.17, 15) is 0 Å². The van der Waals surface area contributed by atoms with Crippen LogP contribution >= 0.6 is 0 Å². The van der Waals surface area contributed by atoms with E-state index in [0.29, 0.717) is 23.6 Å². The SMILES string of the molecule is Cc1nn(C)c(C)c1CNc1ncc(C#N)cc1N. The lowest BCUT2D eigenvalue weighted by atomic mass is 10.2.